The van der Waals surface area contributed by atoms with E-state index in [0.29, 0.717) is 6.42 Å². The first-order valence-corrected chi connectivity index (χ1v) is 31.8. The van der Waals surface area contributed by atoms with Gasteiger partial charge < -0.3 is 20.1 Å². The molecule has 0 aromatic carbocycles. The van der Waals surface area contributed by atoms with Crippen molar-refractivity contribution in [2.75, 3.05) is 26.4 Å². The molecule has 0 fully saturated rings. The first kappa shape index (κ1) is 72.9. The predicted octanol–water partition coefficient (Wildman–Crippen LogP) is 19.5. The molecule has 0 aromatic rings. The van der Waals surface area contributed by atoms with Crippen molar-refractivity contribution in [3.8, 4) is 0 Å². The minimum absolute atomic E-state index is 0.0432. The molecular formula is C67H110NO8P. The van der Waals surface area contributed by atoms with Crippen LogP contribution in [-0.4, -0.2) is 49.3 Å². The third kappa shape index (κ3) is 61.0. The third-order valence-electron chi connectivity index (χ3n) is 12.2. The lowest BCUT2D eigenvalue weighted by Gasteiger charge is -2.19. The monoisotopic (exact) mass is 1090 g/mol. The minimum Gasteiger partial charge on any atom is -0.462 e. The standard InChI is InChI=1S/C67H110NO8P/c1-3-5-7-9-11-13-15-17-19-21-23-25-27-29-31-32-34-36-38-40-42-44-46-48-50-52-54-56-58-60-67(70)76-65(64-75-77(71,72)74-62-61-68)63-73-66(69)59-57-55-53-51-49-47-45-43-41-39-37-35-33-30-28-26-24-22-20-18-16-14-12-10-8-6-4-2/h5-8,11-14,17-20,23-26,29-31,33-34,36,40,42,65H,3-4,9-10,15-16,21-22,27-28,32,35,37-39,41,43-64,68H2,1-2H3,(H,71,72)/b7-5-,8-6-,13-11-,14-12-,19-17-,20-18-,25-23-,26-24-,31-29-,33-30-,36-34-,42-40-. The number of carbonyl (C=O) groups excluding carboxylic acids is 2. The second-order valence-electron chi connectivity index (χ2n) is 19.5. The van der Waals surface area contributed by atoms with Crippen molar-refractivity contribution < 1.29 is 37.6 Å². The van der Waals surface area contributed by atoms with Gasteiger partial charge in [-0.2, -0.15) is 0 Å². The molecule has 0 aliphatic heterocycles. The summed E-state index contributed by atoms with van der Waals surface area (Å²) in [6, 6.07) is 0. The van der Waals surface area contributed by atoms with Crippen molar-refractivity contribution in [3.63, 3.8) is 0 Å². The lowest BCUT2D eigenvalue weighted by atomic mass is 10.0. The van der Waals surface area contributed by atoms with Crippen LogP contribution in [0.1, 0.15) is 232 Å². The molecule has 77 heavy (non-hydrogen) atoms. The Bertz CT molecular complexity index is 1770. The molecule has 0 bridgehead atoms. The van der Waals surface area contributed by atoms with Crippen LogP contribution in [0.4, 0.5) is 0 Å². The van der Waals surface area contributed by atoms with Crippen LogP contribution in [-0.2, 0) is 32.7 Å². The summed E-state index contributed by atoms with van der Waals surface area (Å²) in [6.45, 7) is 3.49. The summed E-state index contributed by atoms with van der Waals surface area (Å²) >= 11 is 0. The Hall–Kier alpha value is -4.11. The van der Waals surface area contributed by atoms with Crippen molar-refractivity contribution in [1.29, 1.82) is 0 Å². The molecule has 2 atom stereocenters. The number of hydrogen-bond acceptors (Lipinski definition) is 8. The zero-order valence-corrected chi connectivity index (χ0v) is 49.5. The van der Waals surface area contributed by atoms with Crippen molar-refractivity contribution in [2.45, 2.75) is 238 Å². The number of phosphoric acid groups is 1. The van der Waals surface area contributed by atoms with Gasteiger partial charge in [0.05, 0.1) is 13.2 Å². The second-order valence-corrected chi connectivity index (χ2v) is 20.9. The first-order valence-electron chi connectivity index (χ1n) is 30.3. The van der Waals surface area contributed by atoms with E-state index in [1.54, 1.807) is 0 Å². The zero-order valence-electron chi connectivity index (χ0n) is 48.6. The summed E-state index contributed by atoms with van der Waals surface area (Å²) in [6.07, 6.45) is 87.5. The molecule has 0 spiro atoms. The Morgan fingerprint density at radius 3 is 1.00 bits per heavy atom. The number of ether oxygens (including phenoxy) is 2. The molecule has 0 aromatic heterocycles. The van der Waals surface area contributed by atoms with Gasteiger partial charge in [-0.15, -0.1) is 0 Å². The van der Waals surface area contributed by atoms with E-state index in [0.717, 1.165) is 135 Å². The van der Waals surface area contributed by atoms with Crippen molar-refractivity contribution >= 4 is 19.8 Å². The van der Waals surface area contributed by atoms with E-state index in [2.05, 4.69) is 160 Å². The molecule has 436 valence electrons. The maximum atomic E-state index is 12.7. The SMILES string of the molecule is CC/C=C\C/C=C\C/C=C\C/C=C\C/C=C\C/C=C\C/C=C\CCCCCCCCCC(=O)OC(COC(=O)CCCCCCCCCCCCC/C=C\C/C=C\C/C=C\C/C=C\C/C=C\CC)COP(=O)(O)OCCN. The highest BCUT2D eigenvalue weighted by Gasteiger charge is 2.26. The highest BCUT2D eigenvalue weighted by Crippen LogP contribution is 2.43. The molecule has 0 saturated heterocycles. The van der Waals surface area contributed by atoms with Crippen LogP contribution in [0.25, 0.3) is 0 Å². The van der Waals surface area contributed by atoms with Gasteiger partial charge in [0.15, 0.2) is 6.10 Å². The van der Waals surface area contributed by atoms with Gasteiger partial charge in [-0.3, -0.25) is 18.6 Å². The van der Waals surface area contributed by atoms with Crippen molar-refractivity contribution in [1.82, 2.24) is 0 Å². The number of carbonyl (C=O) groups is 2. The number of hydrogen-bond donors (Lipinski definition) is 2. The predicted molar refractivity (Wildman–Crippen MR) is 330 cm³/mol. The lowest BCUT2D eigenvalue weighted by molar-refractivity contribution is -0.161. The molecule has 3 N–H and O–H groups in total. The third-order valence-corrected chi connectivity index (χ3v) is 13.2. The van der Waals surface area contributed by atoms with Crippen molar-refractivity contribution in [2.24, 2.45) is 5.73 Å². The van der Waals surface area contributed by atoms with Crippen LogP contribution in [0, 0.1) is 0 Å². The molecule has 0 radical (unpaired) electrons. The van der Waals surface area contributed by atoms with Gasteiger partial charge in [0.1, 0.15) is 6.61 Å². The van der Waals surface area contributed by atoms with Gasteiger partial charge in [0.25, 0.3) is 0 Å². The highest BCUT2D eigenvalue weighted by molar-refractivity contribution is 7.47. The van der Waals surface area contributed by atoms with Crippen LogP contribution in [0.3, 0.4) is 0 Å². The fourth-order valence-corrected chi connectivity index (χ4v) is 8.58. The summed E-state index contributed by atoms with van der Waals surface area (Å²) < 4.78 is 33.1. The van der Waals surface area contributed by atoms with Gasteiger partial charge in [-0.05, 0) is 116 Å². The average molecular weight is 1090 g/mol. The molecule has 0 aliphatic carbocycles. The Kier molecular flexibility index (Phi) is 57.8. The van der Waals surface area contributed by atoms with E-state index in [1.165, 1.54) is 64.2 Å². The maximum absolute atomic E-state index is 12.7. The van der Waals surface area contributed by atoms with Gasteiger partial charge in [0, 0.05) is 19.4 Å². The van der Waals surface area contributed by atoms with Crippen LogP contribution in [0.5, 0.6) is 0 Å². The maximum Gasteiger partial charge on any atom is 0.472 e. The Morgan fingerprint density at radius 1 is 0.390 bits per heavy atom. The highest BCUT2D eigenvalue weighted by atomic mass is 31.2. The quantitative estimate of drug-likeness (QED) is 0.0264. The number of allylic oxidation sites excluding steroid dienone is 24. The molecule has 0 rings (SSSR count). The van der Waals surface area contributed by atoms with Crippen LogP contribution >= 0.6 is 7.82 Å². The molecule has 9 nitrogen and oxygen atoms in total. The fourth-order valence-electron chi connectivity index (χ4n) is 7.82. The van der Waals surface area contributed by atoms with Gasteiger partial charge >= 0.3 is 19.8 Å². The minimum atomic E-state index is -4.40. The summed E-state index contributed by atoms with van der Waals surface area (Å²) in [7, 11) is -4.40. The Morgan fingerprint density at radius 2 is 0.675 bits per heavy atom. The lowest BCUT2D eigenvalue weighted by Crippen LogP contribution is -2.29. The first-order chi connectivity index (χ1) is 37.8. The average Bonchev–Trinajstić information content (AvgIpc) is 3.42. The summed E-state index contributed by atoms with van der Waals surface area (Å²) in [5, 5.41) is 0. The summed E-state index contributed by atoms with van der Waals surface area (Å²) in [5.74, 6) is -0.853. The number of phosphoric ester groups is 1. The van der Waals surface area contributed by atoms with E-state index in [1.807, 2.05) is 0 Å². The number of rotatable bonds is 55. The number of nitrogens with two attached hydrogens (primary N) is 1. The molecule has 0 heterocycles. The fraction of sp³-hybridized carbons (Fsp3) is 0.612. The van der Waals surface area contributed by atoms with E-state index >= 15 is 0 Å². The zero-order chi connectivity index (χ0) is 55.9. The topological polar surface area (TPSA) is 134 Å². The molecule has 10 heteroatoms. The summed E-state index contributed by atoms with van der Waals surface area (Å²) in [5.41, 5.74) is 5.39. The molecule has 0 amide bonds. The van der Waals surface area contributed by atoms with Crippen LogP contribution in [0.2, 0.25) is 0 Å². The normalized spacial score (nSPS) is 14.1. The second kappa shape index (κ2) is 61.1. The Balaban J connectivity index is 4.04. The van der Waals surface area contributed by atoms with E-state index < -0.39 is 32.5 Å². The van der Waals surface area contributed by atoms with Crippen LogP contribution in [0.15, 0.2) is 146 Å². The number of esters is 2. The van der Waals surface area contributed by atoms with Crippen molar-refractivity contribution in [3.05, 3.63) is 146 Å². The van der Waals surface area contributed by atoms with Gasteiger partial charge in [-0.25, -0.2) is 4.57 Å². The van der Waals surface area contributed by atoms with Gasteiger partial charge in [0.2, 0.25) is 0 Å². The van der Waals surface area contributed by atoms with E-state index in [-0.39, 0.29) is 32.6 Å². The number of unbranched alkanes of at least 4 members (excludes halogenated alkanes) is 18. The van der Waals surface area contributed by atoms with Gasteiger partial charge in [-0.1, -0.05) is 250 Å². The van der Waals surface area contributed by atoms with E-state index in [9.17, 15) is 19.0 Å². The van der Waals surface area contributed by atoms with Crippen LogP contribution < -0.4 is 5.73 Å². The summed E-state index contributed by atoms with van der Waals surface area (Å²) in [4.78, 5) is 35.3. The van der Waals surface area contributed by atoms with E-state index in [4.69, 9.17) is 24.3 Å². The molecular weight excluding hydrogens is 978 g/mol. The molecule has 2 unspecified atom stereocenters. The molecule has 0 aliphatic rings. The molecule has 0 saturated carbocycles. The Labute approximate surface area is 471 Å². The largest absolute Gasteiger partial charge is 0.472 e. The smallest absolute Gasteiger partial charge is 0.462 e.